The van der Waals surface area contributed by atoms with Crippen LogP contribution in [0.3, 0.4) is 0 Å². The van der Waals surface area contributed by atoms with Crippen molar-refractivity contribution in [3.05, 3.63) is 0 Å². The molecular weight excluding hydrogens is 128 g/mol. The monoisotopic (exact) mass is 142 g/mol. The normalized spacial score (nSPS) is 11.9. The van der Waals surface area contributed by atoms with E-state index in [0.717, 1.165) is 5.71 Å². The number of hydrazone groups is 1. The summed E-state index contributed by atoms with van der Waals surface area (Å²) in [5, 5.41) is 3.84. The Bertz CT molecular complexity index is 150. The molecule has 0 saturated heterocycles. The van der Waals surface area contributed by atoms with Crippen molar-refractivity contribution < 1.29 is 4.79 Å². The van der Waals surface area contributed by atoms with Gasteiger partial charge >= 0.3 is 0 Å². The first-order chi connectivity index (χ1) is 4.54. The summed E-state index contributed by atoms with van der Waals surface area (Å²) in [6, 6.07) is 0. The van der Waals surface area contributed by atoms with Crippen LogP contribution in [-0.2, 0) is 4.79 Å². The maximum Gasteiger partial charge on any atom is 0.236 e. The third-order valence-corrected chi connectivity index (χ3v) is 1.23. The van der Waals surface area contributed by atoms with Crippen LogP contribution in [0, 0.1) is 5.92 Å². The average Bonchev–Trinajstić information content (AvgIpc) is 1.82. The molecule has 0 heterocycles. The molecule has 0 aliphatic carbocycles. The highest BCUT2D eigenvalue weighted by atomic mass is 16.2. The number of hydrogen-bond donors (Lipinski definition) is 1. The highest BCUT2D eigenvalue weighted by Crippen LogP contribution is 1.93. The molecule has 0 bridgehead atoms. The molecule has 0 saturated carbocycles. The lowest BCUT2D eigenvalue weighted by Crippen LogP contribution is -2.16. The lowest BCUT2D eigenvalue weighted by Gasteiger charge is -2.02. The zero-order chi connectivity index (χ0) is 8.15. The Hall–Kier alpha value is -0.860. The predicted octanol–water partition coefficient (Wildman–Crippen LogP) is 1.15. The molecule has 0 radical (unpaired) electrons. The van der Waals surface area contributed by atoms with Crippen molar-refractivity contribution in [3.8, 4) is 0 Å². The number of carbonyl (C=O) groups excluding carboxylic acids is 1. The summed E-state index contributed by atoms with van der Waals surface area (Å²) in [6.07, 6.45) is 0. The van der Waals surface area contributed by atoms with Crippen molar-refractivity contribution in [2.75, 3.05) is 0 Å². The van der Waals surface area contributed by atoms with E-state index in [1.807, 2.05) is 20.8 Å². The SMILES string of the molecule is CC(=O)N/N=C(\C)C(C)C. The minimum Gasteiger partial charge on any atom is -0.274 e. The van der Waals surface area contributed by atoms with Gasteiger partial charge in [0.1, 0.15) is 0 Å². The summed E-state index contributed by atoms with van der Waals surface area (Å²) in [7, 11) is 0. The summed E-state index contributed by atoms with van der Waals surface area (Å²) in [6.45, 7) is 7.39. The minimum absolute atomic E-state index is 0.125. The largest absolute Gasteiger partial charge is 0.274 e. The van der Waals surface area contributed by atoms with E-state index in [1.165, 1.54) is 6.92 Å². The molecule has 0 aromatic carbocycles. The number of nitrogens with one attached hydrogen (secondary N) is 1. The molecule has 0 fully saturated rings. The van der Waals surface area contributed by atoms with Gasteiger partial charge in [0.2, 0.25) is 5.91 Å². The van der Waals surface area contributed by atoms with Crippen molar-refractivity contribution >= 4 is 11.6 Å². The van der Waals surface area contributed by atoms with E-state index in [4.69, 9.17) is 0 Å². The molecule has 3 nitrogen and oxygen atoms in total. The molecule has 0 aliphatic rings. The van der Waals surface area contributed by atoms with Gasteiger partial charge in [-0.15, -0.1) is 0 Å². The van der Waals surface area contributed by atoms with Gasteiger partial charge in [-0.05, 0) is 12.8 Å². The Morgan fingerprint density at radius 2 is 1.90 bits per heavy atom. The van der Waals surface area contributed by atoms with Gasteiger partial charge in [-0.2, -0.15) is 5.10 Å². The van der Waals surface area contributed by atoms with Crippen molar-refractivity contribution in [3.63, 3.8) is 0 Å². The molecule has 1 N–H and O–H groups in total. The summed E-state index contributed by atoms with van der Waals surface area (Å²) in [5.74, 6) is 0.270. The molecular formula is C7H14N2O. The minimum atomic E-state index is -0.125. The number of nitrogens with zero attached hydrogens (tertiary/aromatic N) is 1. The number of amides is 1. The van der Waals surface area contributed by atoms with Crippen LogP contribution in [0.2, 0.25) is 0 Å². The topological polar surface area (TPSA) is 41.5 Å². The fourth-order valence-electron chi connectivity index (χ4n) is 0.296. The Balaban J connectivity index is 3.80. The van der Waals surface area contributed by atoms with E-state index >= 15 is 0 Å². The zero-order valence-corrected chi connectivity index (χ0v) is 6.93. The summed E-state index contributed by atoms with van der Waals surface area (Å²) < 4.78 is 0. The molecule has 1 amide bonds. The molecule has 3 heteroatoms. The van der Waals surface area contributed by atoms with Crippen LogP contribution < -0.4 is 5.43 Å². The number of hydrogen-bond acceptors (Lipinski definition) is 2. The van der Waals surface area contributed by atoms with Gasteiger partial charge in [0.25, 0.3) is 0 Å². The third-order valence-electron chi connectivity index (χ3n) is 1.23. The Morgan fingerprint density at radius 3 is 2.20 bits per heavy atom. The summed E-state index contributed by atoms with van der Waals surface area (Å²) in [5.41, 5.74) is 3.32. The van der Waals surface area contributed by atoms with Gasteiger partial charge in [-0.3, -0.25) is 4.79 Å². The summed E-state index contributed by atoms with van der Waals surface area (Å²) in [4.78, 5) is 10.4. The van der Waals surface area contributed by atoms with Gasteiger partial charge in [-0.25, -0.2) is 5.43 Å². The molecule has 0 aliphatic heterocycles. The van der Waals surface area contributed by atoms with Crippen molar-refractivity contribution in [1.82, 2.24) is 5.43 Å². The molecule has 0 atom stereocenters. The second kappa shape index (κ2) is 4.04. The highest BCUT2D eigenvalue weighted by Gasteiger charge is 1.96. The van der Waals surface area contributed by atoms with Crippen molar-refractivity contribution in [1.29, 1.82) is 0 Å². The molecule has 0 unspecified atom stereocenters. The molecule has 0 aromatic heterocycles. The molecule has 0 spiro atoms. The number of rotatable bonds is 2. The second-order valence-corrected chi connectivity index (χ2v) is 2.58. The maximum atomic E-state index is 10.4. The first-order valence-electron chi connectivity index (χ1n) is 3.34. The van der Waals surface area contributed by atoms with E-state index in [9.17, 15) is 4.79 Å². The zero-order valence-electron chi connectivity index (χ0n) is 6.93. The van der Waals surface area contributed by atoms with Crippen LogP contribution in [0.5, 0.6) is 0 Å². The van der Waals surface area contributed by atoms with Gasteiger partial charge in [0, 0.05) is 12.6 Å². The Morgan fingerprint density at radius 1 is 1.40 bits per heavy atom. The fraction of sp³-hybridized carbons (Fsp3) is 0.714. The molecule has 58 valence electrons. The van der Waals surface area contributed by atoms with Crippen LogP contribution in [0.1, 0.15) is 27.7 Å². The van der Waals surface area contributed by atoms with E-state index in [0.29, 0.717) is 5.92 Å². The Labute approximate surface area is 61.5 Å². The lowest BCUT2D eigenvalue weighted by molar-refractivity contribution is -0.118. The number of carbonyl (C=O) groups is 1. The van der Waals surface area contributed by atoms with Gasteiger partial charge in [0.05, 0.1) is 0 Å². The van der Waals surface area contributed by atoms with Crippen LogP contribution in [0.4, 0.5) is 0 Å². The van der Waals surface area contributed by atoms with Gasteiger partial charge in [0.15, 0.2) is 0 Å². The first-order valence-corrected chi connectivity index (χ1v) is 3.34. The van der Waals surface area contributed by atoms with Crippen LogP contribution >= 0.6 is 0 Å². The van der Waals surface area contributed by atoms with Crippen molar-refractivity contribution in [2.24, 2.45) is 11.0 Å². The van der Waals surface area contributed by atoms with Gasteiger partial charge < -0.3 is 0 Å². The van der Waals surface area contributed by atoms with Crippen LogP contribution in [0.15, 0.2) is 5.10 Å². The second-order valence-electron chi connectivity index (χ2n) is 2.58. The van der Waals surface area contributed by atoms with Crippen molar-refractivity contribution in [2.45, 2.75) is 27.7 Å². The first kappa shape index (κ1) is 9.14. The predicted molar refractivity (Wildman–Crippen MR) is 41.8 cm³/mol. The van der Waals surface area contributed by atoms with E-state index in [2.05, 4.69) is 10.5 Å². The maximum absolute atomic E-state index is 10.4. The smallest absolute Gasteiger partial charge is 0.236 e. The standard InChI is InChI=1S/C7H14N2O/c1-5(2)6(3)8-9-7(4)10/h5H,1-4H3,(H,9,10)/b8-6+. The molecule has 0 aromatic rings. The lowest BCUT2D eigenvalue weighted by atomic mass is 10.1. The van der Waals surface area contributed by atoms with Gasteiger partial charge in [-0.1, -0.05) is 13.8 Å². The summed E-state index contributed by atoms with van der Waals surface area (Å²) >= 11 is 0. The van der Waals surface area contributed by atoms with Crippen LogP contribution in [0.25, 0.3) is 0 Å². The van der Waals surface area contributed by atoms with E-state index < -0.39 is 0 Å². The van der Waals surface area contributed by atoms with Crippen LogP contribution in [-0.4, -0.2) is 11.6 Å². The highest BCUT2D eigenvalue weighted by molar-refractivity contribution is 5.85. The molecule has 0 rings (SSSR count). The molecule has 10 heavy (non-hydrogen) atoms. The third kappa shape index (κ3) is 4.06. The quantitative estimate of drug-likeness (QED) is 0.456. The van der Waals surface area contributed by atoms with E-state index in [1.54, 1.807) is 0 Å². The van der Waals surface area contributed by atoms with E-state index in [-0.39, 0.29) is 5.91 Å². The fourth-order valence-corrected chi connectivity index (χ4v) is 0.296. The Kier molecular flexibility index (Phi) is 3.69. The average molecular weight is 142 g/mol.